The largest absolute Gasteiger partial charge is 0.368 e. The van der Waals surface area contributed by atoms with Gasteiger partial charge in [-0.25, -0.2) is 18.7 Å². The maximum Gasteiger partial charge on any atom is 0.250 e. The zero-order chi connectivity index (χ0) is 23.7. The van der Waals surface area contributed by atoms with Crippen LogP contribution in [0.2, 0.25) is 0 Å². The topological polar surface area (TPSA) is 109 Å². The van der Waals surface area contributed by atoms with Crippen LogP contribution in [0.1, 0.15) is 24.1 Å². The summed E-state index contributed by atoms with van der Waals surface area (Å²) in [6, 6.07) is 8.04. The molecule has 1 aliphatic heterocycles. The molecule has 0 unspecified atom stereocenters. The van der Waals surface area contributed by atoms with Crippen molar-refractivity contribution in [3.05, 3.63) is 66.9 Å². The summed E-state index contributed by atoms with van der Waals surface area (Å²) in [5.41, 5.74) is 11.2. The average Bonchev–Trinajstić information content (AvgIpc) is 3.26. The maximum absolute atomic E-state index is 13.5. The average molecular weight is 463 g/mol. The lowest BCUT2D eigenvalue weighted by atomic mass is 10.0. The molecule has 1 fully saturated rings. The molecule has 0 bridgehead atoms. The van der Waals surface area contributed by atoms with Crippen LogP contribution in [0.25, 0.3) is 27.7 Å². The highest BCUT2D eigenvalue weighted by Gasteiger charge is 2.33. The van der Waals surface area contributed by atoms with E-state index in [2.05, 4.69) is 43.1 Å². The highest BCUT2D eigenvalue weighted by atomic mass is 19.3. The van der Waals surface area contributed by atoms with Gasteiger partial charge in [0.1, 0.15) is 5.69 Å². The van der Waals surface area contributed by atoms with E-state index in [9.17, 15) is 8.78 Å². The van der Waals surface area contributed by atoms with Crippen molar-refractivity contribution in [3.8, 4) is 11.1 Å². The van der Waals surface area contributed by atoms with Crippen molar-refractivity contribution in [2.24, 2.45) is 0 Å². The Morgan fingerprint density at radius 3 is 2.62 bits per heavy atom. The Balaban J connectivity index is 1.36. The molecule has 5 rings (SSSR count). The molecule has 10 heteroatoms. The Morgan fingerprint density at radius 2 is 1.85 bits per heavy atom. The van der Waals surface area contributed by atoms with Gasteiger partial charge in [-0.05, 0) is 29.3 Å². The minimum atomic E-state index is -2.55. The van der Waals surface area contributed by atoms with E-state index in [-0.39, 0.29) is 18.8 Å². The van der Waals surface area contributed by atoms with Crippen molar-refractivity contribution in [1.29, 1.82) is 0 Å². The van der Waals surface area contributed by atoms with Crippen LogP contribution < -0.4 is 11.1 Å². The third-order valence-corrected chi connectivity index (χ3v) is 5.94. The van der Waals surface area contributed by atoms with Crippen molar-refractivity contribution < 1.29 is 8.78 Å². The minimum absolute atomic E-state index is 0.0968. The standard InChI is InChI=1S/C24H24F2N8/c1-15(31-19-12-29-23(27)30-13-19)22-20-9-17(2-3-21(20)32-33-22)18-8-16(10-28-11-18)14-34-6-4-24(25,26)5-7-34/h2-3,8-13,31H,1,4-7,14H2,(H,32,33)(H2,27,29,30). The second-order valence-electron chi connectivity index (χ2n) is 8.48. The number of nitrogens with zero attached hydrogens (tertiary/aromatic N) is 5. The van der Waals surface area contributed by atoms with Crippen molar-refractivity contribution in [3.63, 3.8) is 0 Å². The molecule has 4 aromatic rings. The van der Waals surface area contributed by atoms with Gasteiger partial charge < -0.3 is 11.1 Å². The molecule has 34 heavy (non-hydrogen) atoms. The van der Waals surface area contributed by atoms with E-state index in [1.807, 2.05) is 23.1 Å². The summed E-state index contributed by atoms with van der Waals surface area (Å²) in [7, 11) is 0. The number of aromatic nitrogens is 5. The molecule has 4 N–H and O–H groups in total. The number of alkyl halides is 2. The van der Waals surface area contributed by atoms with Gasteiger partial charge in [0.05, 0.1) is 29.3 Å². The summed E-state index contributed by atoms with van der Waals surface area (Å²) >= 11 is 0. The number of aromatic amines is 1. The number of nitrogen functional groups attached to an aromatic ring is 1. The van der Waals surface area contributed by atoms with Crippen molar-refractivity contribution in [1.82, 2.24) is 30.0 Å². The van der Waals surface area contributed by atoms with Crippen molar-refractivity contribution in [2.45, 2.75) is 25.3 Å². The van der Waals surface area contributed by atoms with Gasteiger partial charge in [-0.1, -0.05) is 12.6 Å². The highest BCUT2D eigenvalue weighted by Crippen LogP contribution is 2.30. The summed E-state index contributed by atoms with van der Waals surface area (Å²) in [5.74, 6) is -2.35. The summed E-state index contributed by atoms with van der Waals surface area (Å²) in [5, 5.41) is 11.5. The normalized spacial score (nSPS) is 15.9. The number of nitrogens with one attached hydrogen (secondary N) is 2. The van der Waals surface area contributed by atoms with Gasteiger partial charge in [-0.15, -0.1) is 0 Å². The summed E-state index contributed by atoms with van der Waals surface area (Å²) in [4.78, 5) is 14.4. The highest BCUT2D eigenvalue weighted by molar-refractivity contribution is 5.94. The van der Waals surface area contributed by atoms with Gasteiger partial charge in [0.2, 0.25) is 5.95 Å². The van der Waals surface area contributed by atoms with Crippen LogP contribution in [0.3, 0.4) is 0 Å². The molecule has 0 saturated carbocycles. The van der Waals surface area contributed by atoms with Crippen LogP contribution in [0.15, 0.2) is 55.6 Å². The monoisotopic (exact) mass is 462 g/mol. The summed E-state index contributed by atoms with van der Waals surface area (Å²) in [6.07, 6.45) is 6.55. The predicted octanol–water partition coefficient (Wildman–Crippen LogP) is 4.31. The van der Waals surface area contributed by atoms with Gasteiger partial charge in [0.25, 0.3) is 5.92 Å². The first-order chi connectivity index (χ1) is 16.4. The Labute approximate surface area is 194 Å². The quantitative estimate of drug-likeness (QED) is 0.392. The lowest BCUT2D eigenvalue weighted by Gasteiger charge is -2.31. The SMILES string of the molecule is C=C(Nc1cnc(N)nc1)c1n[nH]c2ccc(-c3cncc(CN4CCC(F)(F)CC4)c3)cc12. The zero-order valence-electron chi connectivity index (χ0n) is 18.4. The molecule has 1 aliphatic rings. The third kappa shape index (κ3) is 4.72. The van der Waals surface area contributed by atoms with Crippen LogP contribution in [-0.2, 0) is 6.54 Å². The van der Waals surface area contributed by atoms with Gasteiger partial charge >= 0.3 is 0 Å². The Hall–Kier alpha value is -3.92. The van der Waals surface area contributed by atoms with Gasteiger partial charge in [0.15, 0.2) is 0 Å². The number of rotatable bonds is 6. The van der Waals surface area contributed by atoms with Crippen LogP contribution in [-0.4, -0.2) is 49.1 Å². The smallest absolute Gasteiger partial charge is 0.250 e. The van der Waals surface area contributed by atoms with Gasteiger partial charge in [0, 0.05) is 55.8 Å². The summed E-state index contributed by atoms with van der Waals surface area (Å²) in [6.45, 7) is 5.47. The number of likely N-dealkylation sites (tertiary alicyclic amines) is 1. The van der Waals surface area contributed by atoms with Crippen molar-refractivity contribution in [2.75, 3.05) is 24.1 Å². The van der Waals surface area contributed by atoms with Gasteiger partial charge in [-0.3, -0.25) is 15.0 Å². The van der Waals surface area contributed by atoms with Crippen LogP contribution in [0.5, 0.6) is 0 Å². The number of fused-ring (bicyclic) bond motifs is 1. The molecule has 3 aromatic heterocycles. The first kappa shape index (κ1) is 21.9. The predicted molar refractivity (Wildman–Crippen MR) is 128 cm³/mol. The maximum atomic E-state index is 13.5. The molecule has 0 amide bonds. The first-order valence-corrected chi connectivity index (χ1v) is 10.9. The molecule has 4 heterocycles. The van der Waals surface area contributed by atoms with E-state index in [0.29, 0.717) is 36.7 Å². The number of anilines is 2. The number of piperidine rings is 1. The number of pyridine rings is 1. The van der Waals surface area contributed by atoms with E-state index in [0.717, 1.165) is 27.6 Å². The molecule has 1 aromatic carbocycles. The Morgan fingerprint density at radius 1 is 1.09 bits per heavy atom. The van der Waals surface area contributed by atoms with Crippen LogP contribution in [0, 0.1) is 0 Å². The molecule has 0 aliphatic carbocycles. The third-order valence-electron chi connectivity index (χ3n) is 5.94. The summed E-state index contributed by atoms with van der Waals surface area (Å²) < 4.78 is 26.9. The second-order valence-corrected chi connectivity index (χ2v) is 8.48. The van der Waals surface area contributed by atoms with Crippen LogP contribution in [0.4, 0.5) is 20.4 Å². The fourth-order valence-corrected chi connectivity index (χ4v) is 4.09. The van der Waals surface area contributed by atoms with E-state index in [1.54, 1.807) is 24.8 Å². The number of nitrogens with two attached hydrogens (primary N) is 1. The molecule has 0 radical (unpaired) electrons. The molecular weight excluding hydrogens is 438 g/mol. The Bertz CT molecular complexity index is 1320. The Kier molecular flexibility index (Phi) is 5.66. The van der Waals surface area contributed by atoms with E-state index in [4.69, 9.17) is 5.73 Å². The van der Waals surface area contributed by atoms with Crippen molar-refractivity contribution >= 4 is 28.2 Å². The number of halogens is 2. The number of benzene rings is 1. The lowest BCUT2D eigenvalue weighted by molar-refractivity contribution is -0.0566. The number of hydrogen-bond donors (Lipinski definition) is 3. The molecule has 0 spiro atoms. The molecule has 1 saturated heterocycles. The molecule has 0 atom stereocenters. The fraction of sp³-hybridized carbons (Fsp3) is 0.250. The lowest BCUT2D eigenvalue weighted by Crippen LogP contribution is -2.38. The van der Waals surface area contributed by atoms with E-state index >= 15 is 0 Å². The fourth-order valence-electron chi connectivity index (χ4n) is 4.09. The van der Waals surface area contributed by atoms with Gasteiger partial charge in [-0.2, -0.15) is 5.10 Å². The molecular formula is C24H24F2N8. The van der Waals surface area contributed by atoms with E-state index < -0.39 is 5.92 Å². The number of hydrogen-bond acceptors (Lipinski definition) is 7. The zero-order valence-corrected chi connectivity index (χ0v) is 18.4. The second kappa shape index (κ2) is 8.79. The number of H-pyrrole nitrogens is 1. The first-order valence-electron chi connectivity index (χ1n) is 10.9. The van der Waals surface area contributed by atoms with E-state index in [1.165, 1.54) is 0 Å². The molecule has 174 valence electrons. The van der Waals surface area contributed by atoms with Crippen LogP contribution >= 0.6 is 0 Å². The molecule has 8 nitrogen and oxygen atoms in total. The minimum Gasteiger partial charge on any atom is -0.368 e.